The summed E-state index contributed by atoms with van der Waals surface area (Å²) in [6.45, 7) is 0.180. The molecule has 0 aliphatic carbocycles. The standard InChI is InChI=1S/C11H9NO4/c13-11(14)9-3-4-12-6-10(9)16-7-8-2-1-5-15-8/h1-6H,7H2,(H,13,14). The Labute approximate surface area is 91.3 Å². The molecule has 2 aromatic heterocycles. The number of rotatable bonds is 4. The van der Waals surface area contributed by atoms with Crippen molar-refractivity contribution in [2.24, 2.45) is 0 Å². The minimum Gasteiger partial charge on any atom is -0.483 e. The first-order valence-corrected chi connectivity index (χ1v) is 4.60. The van der Waals surface area contributed by atoms with Crippen LogP contribution >= 0.6 is 0 Å². The van der Waals surface area contributed by atoms with Gasteiger partial charge in [0.2, 0.25) is 0 Å². The highest BCUT2D eigenvalue weighted by molar-refractivity contribution is 5.90. The number of aromatic carboxylic acids is 1. The van der Waals surface area contributed by atoms with Gasteiger partial charge in [-0.05, 0) is 18.2 Å². The van der Waals surface area contributed by atoms with Crippen molar-refractivity contribution < 1.29 is 19.1 Å². The van der Waals surface area contributed by atoms with Gasteiger partial charge < -0.3 is 14.3 Å². The zero-order valence-electron chi connectivity index (χ0n) is 8.29. The molecule has 82 valence electrons. The fourth-order valence-electron chi connectivity index (χ4n) is 1.22. The predicted molar refractivity (Wildman–Crippen MR) is 54.2 cm³/mol. The van der Waals surface area contributed by atoms with Gasteiger partial charge in [0.25, 0.3) is 0 Å². The Morgan fingerprint density at radius 1 is 1.50 bits per heavy atom. The van der Waals surface area contributed by atoms with Crippen molar-refractivity contribution in [1.29, 1.82) is 0 Å². The van der Waals surface area contributed by atoms with E-state index in [0.717, 1.165) is 0 Å². The monoisotopic (exact) mass is 219 g/mol. The van der Waals surface area contributed by atoms with E-state index in [1.165, 1.54) is 24.7 Å². The highest BCUT2D eigenvalue weighted by atomic mass is 16.5. The summed E-state index contributed by atoms with van der Waals surface area (Å²) in [5, 5.41) is 8.89. The fraction of sp³-hybridized carbons (Fsp3) is 0.0909. The first-order chi connectivity index (χ1) is 7.77. The topological polar surface area (TPSA) is 72.6 Å². The molecule has 16 heavy (non-hydrogen) atoms. The third-order valence-corrected chi connectivity index (χ3v) is 1.96. The van der Waals surface area contributed by atoms with E-state index in [9.17, 15) is 4.79 Å². The molecule has 0 aliphatic heterocycles. The van der Waals surface area contributed by atoms with Crippen LogP contribution in [0.25, 0.3) is 0 Å². The Balaban J connectivity index is 2.12. The summed E-state index contributed by atoms with van der Waals surface area (Å²) < 4.78 is 10.4. The molecule has 2 heterocycles. The van der Waals surface area contributed by atoms with E-state index in [1.807, 2.05) is 0 Å². The molecule has 0 fully saturated rings. The van der Waals surface area contributed by atoms with Crippen molar-refractivity contribution in [1.82, 2.24) is 4.98 Å². The highest BCUT2D eigenvalue weighted by Crippen LogP contribution is 2.17. The normalized spacial score (nSPS) is 10.0. The van der Waals surface area contributed by atoms with Crippen LogP contribution in [-0.4, -0.2) is 16.1 Å². The SMILES string of the molecule is O=C(O)c1ccncc1OCc1ccco1. The number of carbonyl (C=O) groups is 1. The van der Waals surface area contributed by atoms with Crippen molar-refractivity contribution in [2.75, 3.05) is 0 Å². The van der Waals surface area contributed by atoms with Gasteiger partial charge in [-0.1, -0.05) is 0 Å². The Bertz CT molecular complexity index is 478. The van der Waals surface area contributed by atoms with E-state index in [-0.39, 0.29) is 17.9 Å². The Morgan fingerprint density at radius 3 is 3.06 bits per heavy atom. The lowest BCUT2D eigenvalue weighted by Crippen LogP contribution is -2.03. The van der Waals surface area contributed by atoms with Gasteiger partial charge >= 0.3 is 5.97 Å². The van der Waals surface area contributed by atoms with Crippen molar-refractivity contribution in [3.05, 3.63) is 48.2 Å². The summed E-state index contributed by atoms with van der Waals surface area (Å²) >= 11 is 0. The average molecular weight is 219 g/mol. The number of carboxylic acid groups (broad SMARTS) is 1. The van der Waals surface area contributed by atoms with Crippen LogP contribution in [0.1, 0.15) is 16.1 Å². The molecule has 2 aromatic rings. The van der Waals surface area contributed by atoms with Crippen LogP contribution in [0.15, 0.2) is 41.3 Å². The molecule has 0 bridgehead atoms. The lowest BCUT2D eigenvalue weighted by atomic mass is 10.2. The number of hydrogen-bond donors (Lipinski definition) is 1. The number of hydrogen-bond acceptors (Lipinski definition) is 4. The van der Waals surface area contributed by atoms with Crippen molar-refractivity contribution >= 4 is 5.97 Å². The van der Waals surface area contributed by atoms with Gasteiger partial charge in [0, 0.05) is 6.20 Å². The maximum atomic E-state index is 10.9. The van der Waals surface area contributed by atoms with E-state index >= 15 is 0 Å². The van der Waals surface area contributed by atoms with Gasteiger partial charge in [-0.25, -0.2) is 4.79 Å². The van der Waals surface area contributed by atoms with Gasteiger partial charge in [0.15, 0.2) is 5.75 Å². The van der Waals surface area contributed by atoms with E-state index in [2.05, 4.69) is 4.98 Å². The highest BCUT2D eigenvalue weighted by Gasteiger charge is 2.11. The van der Waals surface area contributed by atoms with Gasteiger partial charge in [-0.15, -0.1) is 0 Å². The second kappa shape index (κ2) is 4.48. The summed E-state index contributed by atoms with van der Waals surface area (Å²) in [6.07, 6.45) is 4.30. The molecule has 0 saturated heterocycles. The zero-order valence-corrected chi connectivity index (χ0v) is 8.29. The van der Waals surface area contributed by atoms with Crippen LogP contribution in [0.4, 0.5) is 0 Å². The first kappa shape index (κ1) is 10.2. The van der Waals surface area contributed by atoms with Gasteiger partial charge in [-0.2, -0.15) is 0 Å². The molecule has 0 unspecified atom stereocenters. The van der Waals surface area contributed by atoms with Crippen LogP contribution in [0.3, 0.4) is 0 Å². The molecule has 0 aliphatic rings. The van der Waals surface area contributed by atoms with Gasteiger partial charge in [0.05, 0.1) is 12.5 Å². The molecule has 5 nitrogen and oxygen atoms in total. The van der Waals surface area contributed by atoms with Crippen molar-refractivity contribution in [3.8, 4) is 5.75 Å². The summed E-state index contributed by atoms with van der Waals surface area (Å²) in [7, 11) is 0. The molecule has 0 spiro atoms. The lowest BCUT2D eigenvalue weighted by molar-refractivity contribution is 0.0691. The van der Waals surface area contributed by atoms with E-state index in [1.54, 1.807) is 12.1 Å². The maximum Gasteiger partial charge on any atom is 0.339 e. The summed E-state index contributed by atoms with van der Waals surface area (Å²) in [4.78, 5) is 14.7. The largest absolute Gasteiger partial charge is 0.483 e. The van der Waals surface area contributed by atoms with E-state index in [4.69, 9.17) is 14.3 Å². The van der Waals surface area contributed by atoms with E-state index < -0.39 is 5.97 Å². The fourth-order valence-corrected chi connectivity index (χ4v) is 1.22. The molecule has 0 radical (unpaired) electrons. The number of ether oxygens (including phenoxy) is 1. The zero-order chi connectivity index (χ0) is 11.4. The maximum absolute atomic E-state index is 10.9. The molecule has 2 rings (SSSR count). The first-order valence-electron chi connectivity index (χ1n) is 4.60. The smallest absolute Gasteiger partial charge is 0.339 e. The molecule has 5 heteroatoms. The molecular weight excluding hydrogens is 210 g/mol. The van der Waals surface area contributed by atoms with Gasteiger partial charge in [0.1, 0.15) is 17.9 Å². The molecular formula is C11H9NO4. The third-order valence-electron chi connectivity index (χ3n) is 1.96. The molecule has 0 saturated carbocycles. The summed E-state index contributed by atoms with van der Waals surface area (Å²) in [5.74, 6) is -0.191. The molecule has 0 aromatic carbocycles. The Kier molecular flexibility index (Phi) is 2.86. The van der Waals surface area contributed by atoms with Crippen LogP contribution in [0.5, 0.6) is 5.75 Å². The second-order valence-corrected chi connectivity index (χ2v) is 3.05. The number of furan rings is 1. The Hall–Kier alpha value is -2.30. The summed E-state index contributed by atoms with van der Waals surface area (Å²) in [5.41, 5.74) is 0.0848. The number of carboxylic acids is 1. The average Bonchev–Trinajstić information content (AvgIpc) is 2.79. The van der Waals surface area contributed by atoms with Crippen LogP contribution in [-0.2, 0) is 6.61 Å². The van der Waals surface area contributed by atoms with Crippen molar-refractivity contribution in [3.63, 3.8) is 0 Å². The third kappa shape index (κ3) is 2.20. The van der Waals surface area contributed by atoms with Crippen LogP contribution < -0.4 is 4.74 Å². The van der Waals surface area contributed by atoms with Crippen LogP contribution in [0, 0.1) is 0 Å². The molecule has 0 amide bonds. The molecule has 1 N–H and O–H groups in total. The minimum atomic E-state index is -1.04. The van der Waals surface area contributed by atoms with Gasteiger partial charge in [-0.3, -0.25) is 4.98 Å². The summed E-state index contributed by atoms with van der Waals surface area (Å²) in [6, 6.07) is 4.87. The lowest BCUT2D eigenvalue weighted by Gasteiger charge is -2.06. The Morgan fingerprint density at radius 2 is 2.38 bits per heavy atom. The minimum absolute atomic E-state index is 0.0848. The van der Waals surface area contributed by atoms with E-state index in [0.29, 0.717) is 5.76 Å². The second-order valence-electron chi connectivity index (χ2n) is 3.05. The number of aromatic nitrogens is 1. The predicted octanol–water partition coefficient (Wildman–Crippen LogP) is 1.95. The van der Waals surface area contributed by atoms with Crippen molar-refractivity contribution in [2.45, 2.75) is 6.61 Å². The quantitative estimate of drug-likeness (QED) is 0.850. The number of nitrogens with zero attached hydrogens (tertiary/aromatic N) is 1. The molecule has 0 atom stereocenters. The van der Waals surface area contributed by atoms with Crippen LogP contribution in [0.2, 0.25) is 0 Å². The number of pyridine rings is 1.